The average molecular weight is 358 g/mol. The SMILES string of the molecule is N#Cc1cccc(NC(=O)c2cc(Nc3ccc4c(c3)OCO4)ccn2)c1. The highest BCUT2D eigenvalue weighted by molar-refractivity contribution is 6.03. The van der Waals surface area contributed by atoms with Gasteiger partial charge in [0.1, 0.15) is 5.69 Å². The third kappa shape index (κ3) is 3.65. The Morgan fingerprint density at radius 3 is 2.74 bits per heavy atom. The van der Waals surface area contributed by atoms with Crippen LogP contribution in [0.3, 0.4) is 0 Å². The molecule has 2 N–H and O–H groups in total. The van der Waals surface area contributed by atoms with Crippen molar-refractivity contribution in [2.75, 3.05) is 17.4 Å². The first kappa shape index (κ1) is 16.4. The van der Waals surface area contributed by atoms with Crippen LogP contribution in [0.2, 0.25) is 0 Å². The van der Waals surface area contributed by atoms with Crippen LogP contribution in [0.4, 0.5) is 17.1 Å². The van der Waals surface area contributed by atoms with Gasteiger partial charge in [-0.15, -0.1) is 0 Å². The molecule has 1 aliphatic heterocycles. The molecule has 7 nitrogen and oxygen atoms in total. The van der Waals surface area contributed by atoms with Crippen LogP contribution < -0.4 is 20.1 Å². The number of nitrogens with one attached hydrogen (secondary N) is 2. The number of aromatic nitrogens is 1. The molecule has 4 rings (SSSR count). The summed E-state index contributed by atoms with van der Waals surface area (Å²) >= 11 is 0. The first-order chi connectivity index (χ1) is 13.2. The van der Waals surface area contributed by atoms with Crippen molar-refractivity contribution in [1.82, 2.24) is 4.98 Å². The molecule has 2 aromatic carbocycles. The van der Waals surface area contributed by atoms with Gasteiger partial charge < -0.3 is 20.1 Å². The van der Waals surface area contributed by atoms with E-state index in [1.165, 1.54) is 0 Å². The third-order valence-corrected chi connectivity index (χ3v) is 3.90. The van der Waals surface area contributed by atoms with Crippen molar-refractivity contribution in [3.05, 3.63) is 72.1 Å². The second-order valence-corrected chi connectivity index (χ2v) is 5.77. The van der Waals surface area contributed by atoms with Crippen LogP contribution in [0.15, 0.2) is 60.8 Å². The average Bonchev–Trinajstić information content (AvgIpc) is 3.16. The minimum atomic E-state index is -0.362. The maximum atomic E-state index is 12.5. The minimum Gasteiger partial charge on any atom is -0.454 e. The molecule has 0 bridgehead atoms. The Kier molecular flexibility index (Phi) is 4.29. The Balaban J connectivity index is 1.50. The summed E-state index contributed by atoms with van der Waals surface area (Å²) in [6, 6.07) is 17.7. The lowest BCUT2D eigenvalue weighted by Crippen LogP contribution is -2.13. The van der Waals surface area contributed by atoms with E-state index in [4.69, 9.17) is 14.7 Å². The highest BCUT2D eigenvalue weighted by Gasteiger charge is 2.14. The van der Waals surface area contributed by atoms with Crippen LogP contribution in [-0.2, 0) is 0 Å². The van der Waals surface area contributed by atoms with Crippen molar-refractivity contribution in [3.63, 3.8) is 0 Å². The quantitative estimate of drug-likeness (QED) is 0.738. The number of ether oxygens (including phenoxy) is 2. The topological polar surface area (TPSA) is 96.3 Å². The maximum Gasteiger partial charge on any atom is 0.274 e. The van der Waals surface area contributed by atoms with Crippen LogP contribution >= 0.6 is 0 Å². The monoisotopic (exact) mass is 358 g/mol. The van der Waals surface area contributed by atoms with Gasteiger partial charge in [0, 0.05) is 29.3 Å². The molecular weight excluding hydrogens is 344 g/mol. The van der Waals surface area contributed by atoms with Gasteiger partial charge in [-0.05, 0) is 42.5 Å². The molecule has 0 atom stereocenters. The van der Waals surface area contributed by atoms with Crippen molar-refractivity contribution < 1.29 is 14.3 Å². The summed E-state index contributed by atoms with van der Waals surface area (Å²) in [7, 11) is 0. The van der Waals surface area contributed by atoms with Crippen molar-refractivity contribution in [2.24, 2.45) is 0 Å². The minimum absolute atomic E-state index is 0.214. The molecule has 1 amide bonds. The second kappa shape index (κ2) is 7.06. The van der Waals surface area contributed by atoms with Crippen molar-refractivity contribution in [2.45, 2.75) is 0 Å². The summed E-state index contributed by atoms with van der Waals surface area (Å²) < 4.78 is 10.7. The summed E-state index contributed by atoms with van der Waals surface area (Å²) in [6.45, 7) is 0.214. The first-order valence-electron chi connectivity index (χ1n) is 8.15. The van der Waals surface area contributed by atoms with Crippen LogP contribution in [0.5, 0.6) is 11.5 Å². The molecule has 0 radical (unpaired) electrons. The number of amides is 1. The van der Waals surface area contributed by atoms with Gasteiger partial charge in [-0.2, -0.15) is 5.26 Å². The van der Waals surface area contributed by atoms with Crippen LogP contribution in [0, 0.1) is 11.3 Å². The third-order valence-electron chi connectivity index (χ3n) is 3.90. The van der Waals surface area contributed by atoms with E-state index >= 15 is 0 Å². The highest BCUT2D eigenvalue weighted by atomic mass is 16.7. The van der Waals surface area contributed by atoms with Crippen LogP contribution in [0.1, 0.15) is 16.1 Å². The van der Waals surface area contributed by atoms with E-state index in [1.807, 2.05) is 24.3 Å². The van der Waals surface area contributed by atoms with E-state index in [9.17, 15) is 4.79 Å². The molecule has 0 saturated carbocycles. The van der Waals surface area contributed by atoms with E-state index in [0.29, 0.717) is 28.4 Å². The summed E-state index contributed by atoms with van der Waals surface area (Å²) in [5, 5.41) is 14.9. The standard InChI is InChI=1S/C20H14N4O3/c21-11-13-2-1-3-14(8-13)24-20(25)17-9-16(6-7-22-17)23-15-4-5-18-19(10-15)27-12-26-18/h1-10H,12H2,(H,22,23)(H,24,25). The maximum absolute atomic E-state index is 12.5. The zero-order valence-corrected chi connectivity index (χ0v) is 14.1. The van der Waals surface area contributed by atoms with Gasteiger partial charge in [0.2, 0.25) is 6.79 Å². The van der Waals surface area contributed by atoms with E-state index in [0.717, 1.165) is 5.69 Å². The number of carbonyl (C=O) groups is 1. The molecule has 3 aromatic rings. The Bertz CT molecular complexity index is 1060. The highest BCUT2D eigenvalue weighted by Crippen LogP contribution is 2.35. The molecule has 27 heavy (non-hydrogen) atoms. The Morgan fingerprint density at radius 2 is 1.85 bits per heavy atom. The lowest BCUT2D eigenvalue weighted by atomic mass is 10.2. The summed E-state index contributed by atoms with van der Waals surface area (Å²) in [5.74, 6) is 1.01. The van der Waals surface area contributed by atoms with E-state index in [-0.39, 0.29) is 18.4 Å². The number of pyridine rings is 1. The Morgan fingerprint density at radius 1 is 1.00 bits per heavy atom. The lowest BCUT2D eigenvalue weighted by molar-refractivity contribution is 0.102. The second-order valence-electron chi connectivity index (χ2n) is 5.77. The van der Waals surface area contributed by atoms with E-state index < -0.39 is 0 Å². The number of carbonyl (C=O) groups excluding carboxylic acids is 1. The number of nitrogens with zero attached hydrogens (tertiary/aromatic N) is 2. The molecule has 0 unspecified atom stereocenters. The Labute approximate surface area is 155 Å². The molecular formula is C20H14N4O3. The molecule has 7 heteroatoms. The normalized spacial score (nSPS) is 11.5. The lowest BCUT2D eigenvalue weighted by Gasteiger charge is -2.09. The van der Waals surface area contributed by atoms with Gasteiger partial charge in [0.05, 0.1) is 11.6 Å². The first-order valence-corrected chi connectivity index (χ1v) is 8.15. The number of rotatable bonds is 4. The molecule has 1 aromatic heterocycles. The zero-order chi connectivity index (χ0) is 18.6. The fourth-order valence-corrected chi connectivity index (χ4v) is 2.64. The molecule has 0 saturated heterocycles. The summed E-state index contributed by atoms with van der Waals surface area (Å²) in [6.07, 6.45) is 1.55. The van der Waals surface area contributed by atoms with Crippen LogP contribution in [-0.4, -0.2) is 17.7 Å². The largest absolute Gasteiger partial charge is 0.454 e. The van der Waals surface area contributed by atoms with Crippen molar-refractivity contribution in [1.29, 1.82) is 5.26 Å². The smallest absolute Gasteiger partial charge is 0.274 e. The summed E-state index contributed by atoms with van der Waals surface area (Å²) in [5.41, 5.74) is 2.77. The van der Waals surface area contributed by atoms with Crippen molar-refractivity contribution >= 4 is 23.0 Å². The fourth-order valence-electron chi connectivity index (χ4n) is 2.64. The predicted octanol–water partition coefficient (Wildman–Crippen LogP) is 3.68. The zero-order valence-electron chi connectivity index (χ0n) is 14.1. The van der Waals surface area contributed by atoms with Gasteiger partial charge in [0.15, 0.2) is 11.5 Å². The predicted molar refractivity (Wildman–Crippen MR) is 99.2 cm³/mol. The van der Waals surface area contributed by atoms with Gasteiger partial charge in [-0.25, -0.2) is 0 Å². The van der Waals surface area contributed by atoms with Gasteiger partial charge >= 0.3 is 0 Å². The number of hydrogen-bond acceptors (Lipinski definition) is 6. The number of anilines is 3. The van der Waals surface area contributed by atoms with E-state index in [1.54, 1.807) is 42.6 Å². The van der Waals surface area contributed by atoms with Crippen LogP contribution in [0.25, 0.3) is 0 Å². The van der Waals surface area contributed by atoms with Gasteiger partial charge in [0.25, 0.3) is 5.91 Å². The molecule has 1 aliphatic rings. The fraction of sp³-hybridized carbons (Fsp3) is 0.0500. The Hall–Kier alpha value is -4.05. The van der Waals surface area contributed by atoms with E-state index in [2.05, 4.69) is 15.6 Å². The van der Waals surface area contributed by atoms with Crippen molar-refractivity contribution in [3.8, 4) is 17.6 Å². The number of hydrogen-bond donors (Lipinski definition) is 2. The summed E-state index contributed by atoms with van der Waals surface area (Å²) in [4.78, 5) is 16.6. The molecule has 0 fully saturated rings. The van der Waals surface area contributed by atoms with Gasteiger partial charge in [-0.1, -0.05) is 6.07 Å². The molecule has 0 aliphatic carbocycles. The van der Waals surface area contributed by atoms with Gasteiger partial charge in [-0.3, -0.25) is 9.78 Å². The molecule has 132 valence electrons. The molecule has 2 heterocycles. The number of nitriles is 1. The number of benzene rings is 2. The molecule has 0 spiro atoms. The number of fused-ring (bicyclic) bond motifs is 1.